The minimum Gasteiger partial charge on any atom is -0.436 e. The summed E-state index contributed by atoms with van der Waals surface area (Å²) in [5.41, 5.74) is 2.76. The zero-order valence-corrected chi connectivity index (χ0v) is 13.4. The van der Waals surface area contributed by atoms with E-state index in [1.807, 2.05) is 24.3 Å². The van der Waals surface area contributed by atoms with Crippen molar-refractivity contribution in [2.75, 3.05) is 5.32 Å². The number of hydrogen-bond acceptors (Lipinski definition) is 3. The van der Waals surface area contributed by atoms with E-state index in [-0.39, 0.29) is 5.56 Å². The summed E-state index contributed by atoms with van der Waals surface area (Å²) in [7, 11) is 0. The Balaban J connectivity index is 1.53. The van der Waals surface area contributed by atoms with E-state index in [9.17, 15) is 13.6 Å². The first kappa shape index (κ1) is 16.0. The number of para-hydroxylation sites is 2. The van der Waals surface area contributed by atoms with Crippen molar-refractivity contribution in [1.82, 2.24) is 4.98 Å². The van der Waals surface area contributed by atoms with E-state index in [1.165, 1.54) is 6.07 Å². The molecule has 0 saturated carbocycles. The lowest BCUT2D eigenvalue weighted by Crippen LogP contribution is -2.12. The molecule has 4 rings (SSSR count). The van der Waals surface area contributed by atoms with Gasteiger partial charge in [-0.15, -0.1) is 0 Å². The number of carbonyl (C=O) groups excluding carboxylic acids is 1. The lowest BCUT2D eigenvalue weighted by molar-refractivity contribution is 0.102. The number of benzene rings is 3. The molecule has 0 radical (unpaired) electrons. The molecular weight excluding hydrogens is 338 g/mol. The van der Waals surface area contributed by atoms with Crippen molar-refractivity contribution in [1.29, 1.82) is 0 Å². The van der Waals surface area contributed by atoms with Crippen LogP contribution < -0.4 is 5.32 Å². The number of aromatic nitrogens is 1. The van der Waals surface area contributed by atoms with Crippen LogP contribution in [0.5, 0.6) is 0 Å². The molecular formula is C20H12F2N2O2. The van der Waals surface area contributed by atoms with Crippen molar-refractivity contribution < 1.29 is 18.0 Å². The molecule has 0 unspecified atom stereocenters. The van der Waals surface area contributed by atoms with Gasteiger partial charge in [-0.1, -0.05) is 12.1 Å². The molecule has 1 heterocycles. The molecule has 0 aliphatic heterocycles. The van der Waals surface area contributed by atoms with Crippen LogP contribution in [0, 0.1) is 11.6 Å². The molecule has 6 heteroatoms. The molecule has 0 atom stereocenters. The summed E-state index contributed by atoms with van der Waals surface area (Å²) in [6.45, 7) is 0. The lowest BCUT2D eigenvalue weighted by Gasteiger charge is -2.06. The molecule has 0 fully saturated rings. The fourth-order valence-electron chi connectivity index (χ4n) is 2.53. The first-order valence-corrected chi connectivity index (χ1v) is 7.82. The number of nitrogens with zero attached hydrogens (tertiary/aromatic N) is 1. The van der Waals surface area contributed by atoms with Crippen LogP contribution in [0.25, 0.3) is 22.6 Å². The van der Waals surface area contributed by atoms with Crippen LogP contribution in [0.4, 0.5) is 14.5 Å². The fourth-order valence-corrected chi connectivity index (χ4v) is 2.53. The minimum absolute atomic E-state index is 0.0342. The average molecular weight is 350 g/mol. The predicted octanol–water partition coefficient (Wildman–Crippen LogP) is 5.03. The van der Waals surface area contributed by atoms with Gasteiger partial charge in [0.25, 0.3) is 5.91 Å². The quantitative estimate of drug-likeness (QED) is 0.564. The number of nitrogens with one attached hydrogen (secondary N) is 1. The molecule has 4 aromatic rings. The van der Waals surface area contributed by atoms with Crippen molar-refractivity contribution in [3.63, 3.8) is 0 Å². The van der Waals surface area contributed by atoms with Gasteiger partial charge in [0.1, 0.15) is 5.52 Å². The summed E-state index contributed by atoms with van der Waals surface area (Å²) in [4.78, 5) is 16.5. The Hall–Kier alpha value is -3.54. The van der Waals surface area contributed by atoms with Crippen molar-refractivity contribution in [3.8, 4) is 11.5 Å². The first-order valence-electron chi connectivity index (χ1n) is 7.82. The minimum atomic E-state index is -1.07. The number of oxazole rings is 1. The van der Waals surface area contributed by atoms with Gasteiger partial charge in [0.05, 0.1) is 0 Å². The number of anilines is 1. The number of rotatable bonds is 3. The van der Waals surface area contributed by atoms with E-state index in [2.05, 4.69) is 10.3 Å². The Labute approximate surface area is 147 Å². The summed E-state index contributed by atoms with van der Waals surface area (Å²) in [6, 6.07) is 17.3. The highest BCUT2D eigenvalue weighted by Gasteiger charge is 2.11. The molecule has 0 aliphatic rings. The largest absolute Gasteiger partial charge is 0.436 e. The topological polar surface area (TPSA) is 55.1 Å². The Morgan fingerprint density at radius 1 is 0.923 bits per heavy atom. The highest BCUT2D eigenvalue weighted by atomic mass is 19.2. The third kappa shape index (κ3) is 3.04. The van der Waals surface area contributed by atoms with Crippen LogP contribution in [0.15, 0.2) is 71.1 Å². The first-order chi connectivity index (χ1) is 12.6. The van der Waals surface area contributed by atoms with Crippen molar-refractivity contribution in [2.24, 2.45) is 0 Å². The van der Waals surface area contributed by atoms with E-state index < -0.39 is 17.5 Å². The second-order valence-corrected chi connectivity index (χ2v) is 5.65. The molecule has 0 aliphatic carbocycles. The van der Waals surface area contributed by atoms with Crippen LogP contribution in [0.2, 0.25) is 0 Å². The van der Waals surface area contributed by atoms with Gasteiger partial charge in [-0.3, -0.25) is 4.79 Å². The van der Waals surface area contributed by atoms with Gasteiger partial charge in [-0.25, -0.2) is 13.8 Å². The smallest absolute Gasteiger partial charge is 0.255 e. The zero-order valence-electron chi connectivity index (χ0n) is 13.4. The maximum atomic E-state index is 13.2. The number of amides is 1. The molecule has 0 bridgehead atoms. The predicted molar refractivity (Wildman–Crippen MR) is 93.8 cm³/mol. The van der Waals surface area contributed by atoms with E-state index in [0.29, 0.717) is 17.2 Å². The Kier molecular flexibility index (Phi) is 3.93. The van der Waals surface area contributed by atoms with Gasteiger partial charge in [-0.2, -0.15) is 0 Å². The van der Waals surface area contributed by atoms with Gasteiger partial charge in [0.15, 0.2) is 17.2 Å². The maximum Gasteiger partial charge on any atom is 0.255 e. The Bertz CT molecular complexity index is 1070. The van der Waals surface area contributed by atoms with Gasteiger partial charge in [0, 0.05) is 16.8 Å². The second-order valence-electron chi connectivity index (χ2n) is 5.65. The standard InChI is InChI=1S/C20H12F2N2O2/c21-15-10-7-13(11-16(15)22)19(25)23-14-8-5-12(6-9-14)20-24-17-3-1-2-4-18(17)26-20/h1-11H,(H,23,25). The fraction of sp³-hybridized carbons (Fsp3) is 0. The second kappa shape index (κ2) is 6.40. The molecule has 0 spiro atoms. The van der Waals surface area contributed by atoms with Gasteiger partial charge in [-0.05, 0) is 54.6 Å². The maximum absolute atomic E-state index is 13.2. The number of halogens is 2. The highest BCUT2D eigenvalue weighted by Crippen LogP contribution is 2.25. The lowest BCUT2D eigenvalue weighted by atomic mass is 10.1. The molecule has 1 amide bonds. The SMILES string of the molecule is O=C(Nc1ccc(-c2nc3ccccc3o2)cc1)c1ccc(F)c(F)c1. The van der Waals surface area contributed by atoms with Crippen LogP contribution in [0.3, 0.4) is 0 Å². The van der Waals surface area contributed by atoms with Gasteiger partial charge >= 0.3 is 0 Å². The summed E-state index contributed by atoms with van der Waals surface area (Å²) in [5, 5.41) is 2.63. The molecule has 1 N–H and O–H groups in total. The summed E-state index contributed by atoms with van der Waals surface area (Å²) in [6.07, 6.45) is 0. The molecule has 1 aromatic heterocycles. The number of fused-ring (bicyclic) bond motifs is 1. The van der Waals surface area contributed by atoms with Gasteiger partial charge < -0.3 is 9.73 Å². The molecule has 128 valence electrons. The number of hydrogen-bond donors (Lipinski definition) is 1. The summed E-state index contributed by atoms with van der Waals surface area (Å²) in [5.74, 6) is -2.11. The third-order valence-corrected chi connectivity index (χ3v) is 3.87. The summed E-state index contributed by atoms with van der Waals surface area (Å²) >= 11 is 0. The van der Waals surface area contributed by atoms with Crippen LogP contribution in [0.1, 0.15) is 10.4 Å². The van der Waals surface area contributed by atoms with Crippen molar-refractivity contribution >= 4 is 22.7 Å². The molecule has 0 saturated heterocycles. The Morgan fingerprint density at radius 3 is 2.42 bits per heavy atom. The normalized spacial score (nSPS) is 10.8. The molecule has 26 heavy (non-hydrogen) atoms. The Morgan fingerprint density at radius 2 is 1.69 bits per heavy atom. The van der Waals surface area contributed by atoms with Crippen LogP contribution >= 0.6 is 0 Å². The van der Waals surface area contributed by atoms with E-state index in [0.717, 1.165) is 23.2 Å². The van der Waals surface area contributed by atoms with E-state index >= 15 is 0 Å². The number of carbonyl (C=O) groups is 1. The molecule has 3 aromatic carbocycles. The average Bonchev–Trinajstić information content (AvgIpc) is 3.08. The third-order valence-electron chi connectivity index (χ3n) is 3.87. The molecule has 4 nitrogen and oxygen atoms in total. The summed E-state index contributed by atoms with van der Waals surface area (Å²) < 4.78 is 31.9. The van der Waals surface area contributed by atoms with Gasteiger partial charge in [0.2, 0.25) is 5.89 Å². The van der Waals surface area contributed by atoms with Crippen molar-refractivity contribution in [2.45, 2.75) is 0 Å². The van der Waals surface area contributed by atoms with Crippen molar-refractivity contribution in [3.05, 3.63) is 83.9 Å². The highest BCUT2D eigenvalue weighted by molar-refractivity contribution is 6.04. The van der Waals surface area contributed by atoms with Crippen LogP contribution in [-0.4, -0.2) is 10.9 Å². The van der Waals surface area contributed by atoms with Crippen LogP contribution in [-0.2, 0) is 0 Å². The monoisotopic (exact) mass is 350 g/mol. The van der Waals surface area contributed by atoms with E-state index in [1.54, 1.807) is 24.3 Å². The van der Waals surface area contributed by atoms with E-state index in [4.69, 9.17) is 4.42 Å². The zero-order chi connectivity index (χ0) is 18.1.